The van der Waals surface area contributed by atoms with E-state index in [1.54, 1.807) is 6.07 Å². The minimum Gasteiger partial charge on any atom is -0.399 e. The lowest BCUT2D eigenvalue weighted by Gasteiger charge is -2.03. The van der Waals surface area contributed by atoms with Crippen LogP contribution in [0.3, 0.4) is 0 Å². The van der Waals surface area contributed by atoms with Gasteiger partial charge in [-0.25, -0.2) is 4.39 Å². The van der Waals surface area contributed by atoms with Gasteiger partial charge in [0.05, 0.1) is 0 Å². The minimum absolute atomic E-state index is 0.305. The van der Waals surface area contributed by atoms with Crippen molar-refractivity contribution in [1.29, 1.82) is 0 Å². The van der Waals surface area contributed by atoms with Crippen molar-refractivity contribution in [2.24, 2.45) is 0 Å². The Morgan fingerprint density at radius 1 is 1.45 bits per heavy atom. The first kappa shape index (κ1) is 7.85. The zero-order valence-electron chi connectivity index (χ0n) is 6.39. The Morgan fingerprint density at radius 3 is 2.73 bits per heavy atom. The molecule has 0 aliphatic rings. The molecule has 3 N–H and O–H groups in total. The van der Waals surface area contributed by atoms with Crippen LogP contribution in [0.2, 0.25) is 0 Å². The summed E-state index contributed by atoms with van der Waals surface area (Å²) in [5.74, 6) is -0.305. The molecule has 0 bridgehead atoms. The summed E-state index contributed by atoms with van der Waals surface area (Å²) in [6.45, 7) is 2.71. The molecule has 0 heterocycles. The molecule has 60 valence electrons. The highest BCUT2D eigenvalue weighted by atomic mass is 19.1. The Kier molecular flexibility index (Phi) is 2.31. The molecular formula is C8H11FN2. The third kappa shape index (κ3) is 2.11. The van der Waals surface area contributed by atoms with Gasteiger partial charge in [-0.05, 0) is 25.1 Å². The zero-order chi connectivity index (χ0) is 8.27. The first-order valence-electron chi connectivity index (χ1n) is 3.52. The second-order valence-electron chi connectivity index (χ2n) is 2.30. The van der Waals surface area contributed by atoms with Gasteiger partial charge in [0.15, 0.2) is 0 Å². The normalized spacial score (nSPS) is 9.64. The summed E-state index contributed by atoms with van der Waals surface area (Å²) < 4.78 is 12.6. The van der Waals surface area contributed by atoms with Crippen LogP contribution >= 0.6 is 0 Å². The molecule has 1 rings (SSSR count). The number of rotatable bonds is 2. The van der Waals surface area contributed by atoms with Gasteiger partial charge >= 0.3 is 0 Å². The van der Waals surface area contributed by atoms with Gasteiger partial charge in [0.25, 0.3) is 0 Å². The van der Waals surface area contributed by atoms with E-state index in [4.69, 9.17) is 5.73 Å². The van der Waals surface area contributed by atoms with Gasteiger partial charge in [-0.2, -0.15) is 0 Å². The van der Waals surface area contributed by atoms with Crippen LogP contribution < -0.4 is 11.1 Å². The third-order valence-electron chi connectivity index (χ3n) is 1.30. The van der Waals surface area contributed by atoms with E-state index in [1.807, 2.05) is 6.92 Å². The zero-order valence-corrected chi connectivity index (χ0v) is 6.39. The van der Waals surface area contributed by atoms with Crippen LogP contribution in [-0.2, 0) is 0 Å². The summed E-state index contributed by atoms with van der Waals surface area (Å²) in [7, 11) is 0. The van der Waals surface area contributed by atoms with Crippen LogP contribution in [0.15, 0.2) is 18.2 Å². The summed E-state index contributed by atoms with van der Waals surface area (Å²) in [4.78, 5) is 0. The van der Waals surface area contributed by atoms with Crippen LogP contribution in [0.1, 0.15) is 6.92 Å². The van der Waals surface area contributed by atoms with Gasteiger partial charge in [-0.15, -0.1) is 0 Å². The number of hydrogen-bond acceptors (Lipinski definition) is 2. The lowest BCUT2D eigenvalue weighted by atomic mass is 10.3. The van der Waals surface area contributed by atoms with Crippen molar-refractivity contribution < 1.29 is 4.39 Å². The average Bonchev–Trinajstić information content (AvgIpc) is 1.85. The maximum absolute atomic E-state index is 12.6. The van der Waals surface area contributed by atoms with Crippen molar-refractivity contribution in [3.63, 3.8) is 0 Å². The number of halogens is 1. The molecule has 0 saturated heterocycles. The van der Waals surface area contributed by atoms with Crippen LogP contribution in [0.5, 0.6) is 0 Å². The summed E-state index contributed by atoms with van der Waals surface area (Å²) in [6.07, 6.45) is 0. The highest BCUT2D eigenvalue weighted by Crippen LogP contribution is 2.14. The van der Waals surface area contributed by atoms with E-state index < -0.39 is 0 Å². The molecule has 0 saturated carbocycles. The maximum atomic E-state index is 12.6. The minimum atomic E-state index is -0.305. The number of hydrogen-bond donors (Lipinski definition) is 2. The lowest BCUT2D eigenvalue weighted by Crippen LogP contribution is -1.98. The molecule has 0 aliphatic carbocycles. The van der Waals surface area contributed by atoms with Crippen molar-refractivity contribution in [2.75, 3.05) is 17.6 Å². The quantitative estimate of drug-likeness (QED) is 0.638. The molecule has 0 aliphatic heterocycles. The molecule has 0 aromatic heterocycles. The molecule has 0 amide bonds. The molecule has 0 atom stereocenters. The molecule has 11 heavy (non-hydrogen) atoms. The average molecular weight is 154 g/mol. The van der Waals surface area contributed by atoms with Crippen molar-refractivity contribution in [3.05, 3.63) is 24.0 Å². The monoisotopic (exact) mass is 154 g/mol. The highest BCUT2D eigenvalue weighted by Gasteiger charge is 1.95. The first-order chi connectivity index (χ1) is 5.22. The Labute approximate surface area is 65.2 Å². The molecule has 1 aromatic rings. The lowest BCUT2D eigenvalue weighted by molar-refractivity contribution is 0.629. The van der Waals surface area contributed by atoms with Crippen molar-refractivity contribution in [1.82, 2.24) is 0 Å². The SMILES string of the molecule is CCNc1cc(N)cc(F)c1. The molecule has 0 unspecified atom stereocenters. The second kappa shape index (κ2) is 3.23. The van der Waals surface area contributed by atoms with Crippen LogP contribution in [0.25, 0.3) is 0 Å². The standard InChI is InChI=1S/C8H11FN2/c1-2-11-8-4-6(9)3-7(10)5-8/h3-5,11H,2,10H2,1H3. The highest BCUT2D eigenvalue weighted by molar-refractivity contribution is 5.54. The third-order valence-corrected chi connectivity index (χ3v) is 1.30. The van der Waals surface area contributed by atoms with Crippen molar-refractivity contribution in [2.45, 2.75) is 6.92 Å². The van der Waals surface area contributed by atoms with Gasteiger partial charge in [0, 0.05) is 17.9 Å². The van der Waals surface area contributed by atoms with Gasteiger partial charge in [0.1, 0.15) is 5.82 Å². The fourth-order valence-electron chi connectivity index (χ4n) is 0.919. The van der Waals surface area contributed by atoms with E-state index in [9.17, 15) is 4.39 Å². The maximum Gasteiger partial charge on any atom is 0.127 e. The fraction of sp³-hybridized carbons (Fsp3) is 0.250. The summed E-state index contributed by atoms with van der Waals surface area (Å²) in [5, 5.41) is 2.97. The van der Waals surface area contributed by atoms with E-state index >= 15 is 0 Å². The van der Waals surface area contributed by atoms with Crippen molar-refractivity contribution in [3.8, 4) is 0 Å². The molecular weight excluding hydrogens is 143 g/mol. The van der Waals surface area contributed by atoms with Crippen molar-refractivity contribution >= 4 is 11.4 Å². The van der Waals surface area contributed by atoms with E-state index in [-0.39, 0.29) is 5.82 Å². The largest absolute Gasteiger partial charge is 0.399 e. The summed E-state index contributed by atoms with van der Waals surface area (Å²) in [5.41, 5.74) is 6.58. The predicted molar refractivity (Wildman–Crippen MR) is 45.0 cm³/mol. The number of nitrogens with one attached hydrogen (secondary N) is 1. The molecule has 0 radical (unpaired) electrons. The fourth-order valence-corrected chi connectivity index (χ4v) is 0.919. The second-order valence-corrected chi connectivity index (χ2v) is 2.30. The predicted octanol–water partition coefficient (Wildman–Crippen LogP) is 1.84. The van der Waals surface area contributed by atoms with E-state index in [0.717, 1.165) is 12.2 Å². The summed E-state index contributed by atoms with van der Waals surface area (Å²) in [6, 6.07) is 4.41. The Balaban J connectivity index is 2.89. The Morgan fingerprint density at radius 2 is 2.18 bits per heavy atom. The molecule has 2 nitrogen and oxygen atoms in total. The number of benzene rings is 1. The number of nitrogen functional groups attached to an aromatic ring is 1. The number of anilines is 2. The molecule has 1 aromatic carbocycles. The summed E-state index contributed by atoms with van der Waals surface area (Å²) >= 11 is 0. The van der Waals surface area contributed by atoms with Crippen LogP contribution in [0, 0.1) is 5.82 Å². The van der Waals surface area contributed by atoms with Gasteiger partial charge in [-0.3, -0.25) is 0 Å². The van der Waals surface area contributed by atoms with Gasteiger partial charge in [0.2, 0.25) is 0 Å². The van der Waals surface area contributed by atoms with Gasteiger partial charge < -0.3 is 11.1 Å². The molecule has 0 fully saturated rings. The van der Waals surface area contributed by atoms with Crippen LogP contribution in [0.4, 0.5) is 15.8 Å². The van der Waals surface area contributed by atoms with Gasteiger partial charge in [-0.1, -0.05) is 0 Å². The smallest absolute Gasteiger partial charge is 0.127 e. The van der Waals surface area contributed by atoms with E-state index in [0.29, 0.717) is 5.69 Å². The van der Waals surface area contributed by atoms with E-state index in [1.165, 1.54) is 12.1 Å². The molecule has 0 spiro atoms. The Bertz CT molecular complexity index is 228. The molecule has 3 heteroatoms. The first-order valence-corrected chi connectivity index (χ1v) is 3.52. The van der Waals surface area contributed by atoms with Crippen LogP contribution in [-0.4, -0.2) is 6.54 Å². The topological polar surface area (TPSA) is 38.0 Å². The Hall–Kier alpha value is -1.25. The van der Waals surface area contributed by atoms with E-state index in [2.05, 4.69) is 5.32 Å². The number of nitrogens with two attached hydrogens (primary N) is 1.